The van der Waals surface area contributed by atoms with Gasteiger partial charge in [-0.2, -0.15) is 0 Å². The predicted molar refractivity (Wildman–Crippen MR) is 87.8 cm³/mol. The van der Waals surface area contributed by atoms with Crippen LogP contribution in [-0.4, -0.2) is 58.6 Å². The van der Waals surface area contributed by atoms with Gasteiger partial charge in [-0.15, -0.1) is 0 Å². The van der Waals surface area contributed by atoms with Gasteiger partial charge in [-0.25, -0.2) is 13.1 Å². The number of sulfonamides is 1. The standard InChI is InChI=1S/C15H23N3O4S/c1-12(19)17-13-3-5-15(6-4-13)23(20,21)16-8-7-14-11-18(2)9-10-22-14/h3-6,14,16H,7-11H2,1-2H3,(H,17,19). The molecule has 1 aromatic carbocycles. The fourth-order valence-corrected chi connectivity index (χ4v) is 3.45. The third-order valence-corrected chi connectivity index (χ3v) is 5.06. The van der Waals surface area contributed by atoms with Crippen molar-refractivity contribution in [3.63, 3.8) is 0 Å². The van der Waals surface area contributed by atoms with Crippen molar-refractivity contribution in [2.24, 2.45) is 0 Å². The first-order valence-electron chi connectivity index (χ1n) is 7.54. The van der Waals surface area contributed by atoms with E-state index in [0.717, 1.165) is 13.1 Å². The number of hydrogen-bond donors (Lipinski definition) is 2. The summed E-state index contributed by atoms with van der Waals surface area (Å²) < 4.78 is 32.6. The summed E-state index contributed by atoms with van der Waals surface area (Å²) in [7, 11) is -1.53. The van der Waals surface area contributed by atoms with E-state index in [1.165, 1.54) is 19.1 Å². The summed E-state index contributed by atoms with van der Waals surface area (Å²) in [6, 6.07) is 6.07. The van der Waals surface area contributed by atoms with Crippen LogP contribution < -0.4 is 10.0 Å². The van der Waals surface area contributed by atoms with E-state index in [0.29, 0.717) is 25.3 Å². The molecule has 8 heteroatoms. The monoisotopic (exact) mass is 341 g/mol. The molecule has 1 amide bonds. The summed E-state index contributed by atoms with van der Waals surface area (Å²) in [5.41, 5.74) is 0.565. The topological polar surface area (TPSA) is 87.7 Å². The van der Waals surface area contributed by atoms with Gasteiger partial charge in [-0.3, -0.25) is 4.79 Å². The Kier molecular flexibility index (Phi) is 6.11. The Morgan fingerprint density at radius 2 is 2.04 bits per heavy atom. The highest BCUT2D eigenvalue weighted by molar-refractivity contribution is 7.89. The summed E-state index contributed by atoms with van der Waals surface area (Å²) in [4.78, 5) is 13.3. The molecule has 1 aliphatic heterocycles. The number of ether oxygens (including phenoxy) is 1. The number of anilines is 1. The Bertz CT molecular complexity index is 631. The molecule has 1 fully saturated rings. The molecule has 0 aromatic heterocycles. The van der Waals surface area contributed by atoms with Crippen LogP contribution in [-0.2, 0) is 19.6 Å². The first kappa shape index (κ1) is 17.9. The summed E-state index contributed by atoms with van der Waals surface area (Å²) in [5.74, 6) is -0.198. The lowest BCUT2D eigenvalue weighted by Crippen LogP contribution is -2.41. The van der Waals surface area contributed by atoms with Gasteiger partial charge in [0.15, 0.2) is 0 Å². The molecular weight excluding hydrogens is 318 g/mol. The lowest BCUT2D eigenvalue weighted by atomic mass is 10.2. The van der Waals surface area contributed by atoms with Gasteiger partial charge in [0.1, 0.15) is 0 Å². The molecule has 1 heterocycles. The highest BCUT2D eigenvalue weighted by Gasteiger charge is 2.19. The number of likely N-dealkylation sites (N-methyl/N-ethyl adjacent to an activating group) is 1. The Morgan fingerprint density at radius 3 is 2.65 bits per heavy atom. The second-order valence-electron chi connectivity index (χ2n) is 5.65. The molecule has 7 nitrogen and oxygen atoms in total. The van der Waals surface area contributed by atoms with Crippen LogP contribution in [0.2, 0.25) is 0 Å². The van der Waals surface area contributed by atoms with Gasteiger partial charge in [-0.05, 0) is 37.7 Å². The first-order valence-corrected chi connectivity index (χ1v) is 9.02. The number of nitrogens with one attached hydrogen (secondary N) is 2. The van der Waals surface area contributed by atoms with E-state index in [1.54, 1.807) is 12.1 Å². The molecule has 2 rings (SSSR count). The van der Waals surface area contributed by atoms with Crippen LogP contribution in [0.25, 0.3) is 0 Å². The Labute approximate surface area is 137 Å². The number of morpholine rings is 1. The summed E-state index contributed by atoms with van der Waals surface area (Å²) in [5, 5.41) is 2.60. The van der Waals surface area contributed by atoms with Gasteiger partial charge in [0.05, 0.1) is 17.6 Å². The van der Waals surface area contributed by atoms with Crippen LogP contribution in [0.3, 0.4) is 0 Å². The van der Waals surface area contributed by atoms with Crippen molar-refractivity contribution in [2.75, 3.05) is 38.6 Å². The molecule has 1 saturated heterocycles. The Morgan fingerprint density at radius 1 is 1.35 bits per heavy atom. The largest absolute Gasteiger partial charge is 0.376 e. The number of amides is 1. The van der Waals surface area contributed by atoms with Crippen LogP contribution in [0.15, 0.2) is 29.2 Å². The van der Waals surface area contributed by atoms with E-state index < -0.39 is 10.0 Å². The minimum absolute atomic E-state index is 0.0543. The summed E-state index contributed by atoms with van der Waals surface area (Å²) >= 11 is 0. The van der Waals surface area contributed by atoms with Crippen LogP contribution >= 0.6 is 0 Å². The Balaban J connectivity index is 1.87. The predicted octanol–water partition coefficient (Wildman–Crippen LogP) is 0.644. The third-order valence-electron chi connectivity index (χ3n) is 3.59. The zero-order chi connectivity index (χ0) is 16.9. The lowest BCUT2D eigenvalue weighted by Gasteiger charge is -2.30. The lowest BCUT2D eigenvalue weighted by molar-refractivity contribution is -0.114. The minimum atomic E-state index is -3.55. The molecule has 2 N–H and O–H groups in total. The van der Waals surface area contributed by atoms with E-state index in [9.17, 15) is 13.2 Å². The molecular formula is C15H23N3O4S. The van der Waals surface area contributed by atoms with Crippen LogP contribution in [0.1, 0.15) is 13.3 Å². The van der Waals surface area contributed by atoms with Crippen LogP contribution in [0, 0.1) is 0 Å². The van der Waals surface area contributed by atoms with Crippen LogP contribution in [0.4, 0.5) is 5.69 Å². The number of benzene rings is 1. The number of carbonyl (C=O) groups excluding carboxylic acids is 1. The molecule has 0 aliphatic carbocycles. The molecule has 0 radical (unpaired) electrons. The van der Waals surface area contributed by atoms with Gasteiger partial charge in [-0.1, -0.05) is 0 Å². The van der Waals surface area contributed by atoms with Gasteiger partial charge in [0.2, 0.25) is 15.9 Å². The maximum absolute atomic E-state index is 12.2. The van der Waals surface area contributed by atoms with Crippen molar-refractivity contribution in [1.29, 1.82) is 0 Å². The molecule has 1 aromatic rings. The summed E-state index contributed by atoms with van der Waals surface area (Å²) in [6.07, 6.45) is 0.687. The van der Waals surface area contributed by atoms with Crippen molar-refractivity contribution in [3.8, 4) is 0 Å². The molecule has 0 saturated carbocycles. The summed E-state index contributed by atoms with van der Waals surface area (Å²) in [6.45, 7) is 4.12. The van der Waals surface area contributed by atoms with Gasteiger partial charge >= 0.3 is 0 Å². The smallest absolute Gasteiger partial charge is 0.240 e. The molecule has 1 unspecified atom stereocenters. The van der Waals surface area contributed by atoms with Gasteiger partial charge < -0.3 is 15.0 Å². The molecule has 1 aliphatic rings. The fourth-order valence-electron chi connectivity index (χ4n) is 2.40. The SMILES string of the molecule is CC(=O)Nc1ccc(S(=O)(=O)NCCC2CN(C)CCO2)cc1. The molecule has 0 bridgehead atoms. The van der Waals surface area contributed by atoms with E-state index in [-0.39, 0.29) is 16.9 Å². The average Bonchev–Trinajstić information content (AvgIpc) is 2.47. The zero-order valence-corrected chi connectivity index (χ0v) is 14.2. The van der Waals surface area contributed by atoms with Crippen LogP contribution in [0.5, 0.6) is 0 Å². The zero-order valence-electron chi connectivity index (χ0n) is 13.4. The number of nitrogens with zero attached hydrogens (tertiary/aromatic N) is 1. The Hall–Kier alpha value is -1.48. The second kappa shape index (κ2) is 7.87. The number of hydrogen-bond acceptors (Lipinski definition) is 5. The molecule has 1 atom stereocenters. The van der Waals surface area contributed by atoms with E-state index in [1.807, 2.05) is 7.05 Å². The second-order valence-corrected chi connectivity index (χ2v) is 7.41. The molecule has 128 valence electrons. The van der Waals surface area contributed by atoms with Gasteiger partial charge in [0.25, 0.3) is 0 Å². The van der Waals surface area contributed by atoms with Crippen molar-refractivity contribution in [1.82, 2.24) is 9.62 Å². The average molecular weight is 341 g/mol. The highest BCUT2D eigenvalue weighted by Crippen LogP contribution is 2.14. The van der Waals surface area contributed by atoms with E-state index in [4.69, 9.17) is 4.74 Å². The quantitative estimate of drug-likeness (QED) is 0.793. The fraction of sp³-hybridized carbons (Fsp3) is 0.533. The normalized spacial score (nSPS) is 19.5. The maximum atomic E-state index is 12.2. The van der Waals surface area contributed by atoms with Crippen molar-refractivity contribution in [2.45, 2.75) is 24.3 Å². The maximum Gasteiger partial charge on any atom is 0.240 e. The van der Waals surface area contributed by atoms with Crippen molar-refractivity contribution in [3.05, 3.63) is 24.3 Å². The minimum Gasteiger partial charge on any atom is -0.376 e. The van der Waals surface area contributed by atoms with Crippen molar-refractivity contribution >= 4 is 21.6 Å². The highest BCUT2D eigenvalue weighted by atomic mass is 32.2. The van der Waals surface area contributed by atoms with E-state index >= 15 is 0 Å². The van der Waals surface area contributed by atoms with Crippen molar-refractivity contribution < 1.29 is 17.9 Å². The van der Waals surface area contributed by atoms with Gasteiger partial charge in [0, 0.05) is 32.2 Å². The first-order chi connectivity index (χ1) is 10.9. The third kappa shape index (κ3) is 5.58. The van der Waals surface area contributed by atoms with E-state index in [2.05, 4.69) is 14.9 Å². The molecule has 23 heavy (non-hydrogen) atoms. The molecule has 0 spiro atoms. The number of rotatable bonds is 6. The number of carbonyl (C=O) groups is 1.